The quantitative estimate of drug-likeness (QED) is 0.534. The molecule has 0 aliphatic rings. The third-order valence-electron chi connectivity index (χ3n) is 3.19. The van der Waals surface area contributed by atoms with E-state index in [1.165, 1.54) is 16.6 Å². The molecule has 0 bridgehead atoms. The molecule has 0 radical (unpaired) electrons. The number of carbonyl (C=O) groups excluding carboxylic acids is 1. The number of hydrogen-bond donors (Lipinski definition) is 0. The first-order valence-corrected chi connectivity index (χ1v) is 7.01. The standard InChI is InChI=1S/C16H14FN3O3/c1-11-14(15-18-7-4-8-20(15)19-11)16(21)23-10-9-22-13-6-3-2-5-12(13)17/h2-8H,9-10H2,1H3. The third kappa shape index (κ3) is 3.13. The summed E-state index contributed by atoms with van der Waals surface area (Å²) >= 11 is 0. The van der Waals surface area contributed by atoms with Crippen molar-refractivity contribution in [3.63, 3.8) is 0 Å². The summed E-state index contributed by atoms with van der Waals surface area (Å²) in [6.45, 7) is 1.76. The molecule has 23 heavy (non-hydrogen) atoms. The van der Waals surface area contributed by atoms with Crippen molar-refractivity contribution in [2.45, 2.75) is 6.92 Å². The van der Waals surface area contributed by atoms with E-state index in [0.717, 1.165) is 0 Å². The number of rotatable bonds is 5. The number of hydrogen-bond acceptors (Lipinski definition) is 5. The number of nitrogens with zero attached hydrogens (tertiary/aromatic N) is 3. The van der Waals surface area contributed by atoms with Gasteiger partial charge in [-0.25, -0.2) is 18.7 Å². The maximum atomic E-state index is 13.4. The Morgan fingerprint density at radius 2 is 2.09 bits per heavy atom. The van der Waals surface area contributed by atoms with Gasteiger partial charge in [-0.1, -0.05) is 12.1 Å². The van der Waals surface area contributed by atoms with Gasteiger partial charge in [0.15, 0.2) is 17.2 Å². The van der Waals surface area contributed by atoms with Gasteiger partial charge in [0.2, 0.25) is 0 Å². The first kappa shape index (κ1) is 15.0. The molecule has 0 aliphatic heterocycles. The lowest BCUT2D eigenvalue weighted by atomic mass is 10.2. The largest absolute Gasteiger partial charge is 0.487 e. The van der Waals surface area contributed by atoms with Crippen LogP contribution >= 0.6 is 0 Å². The van der Waals surface area contributed by atoms with Gasteiger partial charge in [-0.05, 0) is 25.1 Å². The monoisotopic (exact) mass is 315 g/mol. The fourth-order valence-corrected chi connectivity index (χ4v) is 2.16. The molecule has 118 valence electrons. The van der Waals surface area contributed by atoms with Crippen LogP contribution in [0.3, 0.4) is 0 Å². The van der Waals surface area contributed by atoms with Gasteiger partial charge in [-0.2, -0.15) is 5.10 Å². The number of fused-ring (bicyclic) bond motifs is 1. The van der Waals surface area contributed by atoms with Crippen LogP contribution in [0, 0.1) is 12.7 Å². The highest BCUT2D eigenvalue weighted by Crippen LogP contribution is 2.16. The van der Waals surface area contributed by atoms with Crippen molar-refractivity contribution in [3.8, 4) is 5.75 Å². The van der Waals surface area contributed by atoms with E-state index in [1.54, 1.807) is 37.5 Å². The maximum Gasteiger partial charge on any atom is 0.344 e. The summed E-state index contributed by atoms with van der Waals surface area (Å²) in [5.74, 6) is -0.868. The van der Waals surface area contributed by atoms with Gasteiger partial charge in [0, 0.05) is 12.4 Å². The molecule has 0 fully saturated rings. The van der Waals surface area contributed by atoms with E-state index in [-0.39, 0.29) is 19.0 Å². The second-order valence-electron chi connectivity index (χ2n) is 4.76. The number of benzene rings is 1. The fourth-order valence-electron chi connectivity index (χ4n) is 2.16. The number of aromatic nitrogens is 3. The normalized spacial score (nSPS) is 10.7. The Morgan fingerprint density at radius 1 is 1.26 bits per heavy atom. The van der Waals surface area contributed by atoms with Gasteiger partial charge >= 0.3 is 5.97 Å². The average molecular weight is 315 g/mol. The Morgan fingerprint density at radius 3 is 2.91 bits per heavy atom. The minimum atomic E-state index is -0.534. The first-order valence-electron chi connectivity index (χ1n) is 7.01. The zero-order valence-electron chi connectivity index (χ0n) is 12.4. The minimum Gasteiger partial charge on any atom is -0.487 e. The number of ether oxygens (including phenoxy) is 2. The van der Waals surface area contributed by atoms with E-state index in [9.17, 15) is 9.18 Å². The van der Waals surface area contributed by atoms with Gasteiger partial charge < -0.3 is 9.47 Å². The van der Waals surface area contributed by atoms with E-state index in [0.29, 0.717) is 16.9 Å². The van der Waals surface area contributed by atoms with Crippen molar-refractivity contribution >= 4 is 11.6 Å². The Hall–Kier alpha value is -2.96. The molecule has 0 saturated carbocycles. The highest BCUT2D eigenvalue weighted by molar-refractivity contribution is 5.97. The predicted molar refractivity (Wildman–Crippen MR) is 79.9 cm³/mol. The SMILES string of the molecule is Cc1nn2cccnc2c1C(=O)OCCOc1ccccc1F. The highest BCUT2D eigenvalue weighted by atomic mass is 19.1. The molecule has 0 amide bonds. The van der Waals surface area contributed by atoms with Crippen LogP contribution in [0.25, 0.3) is 5.65 Å². The van der Waals surface area contributed by atoms with Crippen molar-refractivity contribution in [3.05, 3.63) is 59.8 Å². The fraction of sp³-hybridized carbons (Fsp3) is 0.188. The summed E-state index contributed by atoms with van der Waals surface area (Å²) in [6, 6.07) is 7.77. The molecule has 0 atom stereocenters. The van der Waals surface area contributed by atoms with Crippen LogP contribution in [0.15, 0.2) is 42.7 Å². The van der Waals surface area contributed by atoms with Crippen LogP contribution in [-0.2, 0) is 4.74 Å². The van der Waals surface area contributed by atoms with Gasteiger partial charge in [0.1, 0.15) is 18.8 Å². The van der Waals surface area contributed by atoms with Crippen LogP contribution in [0.2, 0.25) is 0 Å². The Labute approximate surface area is 131 Å². The summed E-state index contributed by atoms with van der Waals surface area (Å²) < 4.78 is 25.3. The molecule has 0 aliphatic carbocycles. The summed E-state index contributed by atoms with van der Waals surface area (Å²) in [7, 11) is 0. The van der Waals surface area contributed by atoms with Gasteiger partial charge in [-0.15, -0.1) is 0 Å². The zero-order valence-corrected chi connectivity index (χ0v) is 12.4. The molecule has 7 heteroatoms. The third-order valence-corrected chi connectivity index (χ3v) is 3.19. The van der Waals surface area contributed by atoms with Crippen LogP contribution in [-0.4, -0.2) is 33.8 Å². The number of carbonyl (C=O) groups is 1. The molecule has 3 rings (SSSR count). The predicted octanol–water partition coefficient (Wildman–Crippen LogP) is 2.41. The summed E-state index contributed by atoms with van der Waals surface area (Å²) in [5, 5.41) is 4.19. The first-order chi connectivity index (χ1) is 11.2. The molecule has 1 aromatic carbocycles. The lowest BCUT2D eigenvalue weighted by Gasteiger charge is -2.07. The second-order valence-corrected chi connectivity index (χ2v) is 4.76. The van der Waals surface area contributed by atoms with Crippen LogP contribution in [0.4, 0.5) is 4.39 Å². The van der Waals surface area contributed by atoms with E-state index in [1.807, 2.05) is 0 Å². The van der Waals surface area contributed by atoms with E-state index in [2.05, 4.69) is 10.1 Å². The number of para-hydroxylation sites is 1. The average Bonchev–Trinajstić information content (AvgIpc) is 2.88. The summed E-state index contributed by atoms with van der Waals surface area (Å²) in [6.07, 6.45) is 3.28. The molecule has 0 spiro atoms. The molecular weight excluding hydrogens is 301 g/mol. The van der Waals surface area contributed by atoms with Gasteiger partial charge in [0.25, 0.3) is 0 Å². The topological polar surface area (TPSA) is 65.7 Å². The summed E-state index contributed by atoms with van der Waals surface area (Å²) in [4.78, 5) is 16.3. The smallest absolute Gasteiger partial charge is 0.344 e. The number of aryl methyl sites for hydroxylation is 1. The zero-order chi connectivity index (χ0) is 16.2. The van der Waals surface area contributed by atoms with E-state index >= 15 is 0 Å². The van der Waals surface area contributed by atoms with Crippen LogP contribution < -0.4 is 4.74 Å². The minimum absolute atomic E-state index is 0.00319. The Bertz CT molecular complexity index is 847. The molecule has 0 N–H and O–H groups in total. The van der Waals surface area contributed by atoms with Crippen molar-refractivity contribution in [2.75, 3.05) is 13.2 Å². The van der Waals surface area contributed by atoms with Crippen LogP contribution in [0.5, 0.6) is 5.75 Å². The number of halogens is 1. The highest BCUT2D eigenvalue weighted by Gasteiger charge is 2.19. The molecule has 0 saturated heterocycles. The van der Waals surface area contributed by atoms with Crippen LogP contribution in [0.1, 0.15) is 16.1 Å². The Balaban J connectivity index is 1.61. The lowest BCUT2D eigenvalue weighted by Crippen LogP contribution is -2.13. The van der Waals surface area contributed by atoms with Crippen molar-refractivity contribution in [1.82, 2.24) is 14.6 Å². The summed E-state index contributed by atoms with van der Waals surface area (Å²) in [5.41, 5.74) is 1.28. The second kappa shape index (κ2) is 6.43. The van der Waals surface area contributed by atoms with Gasteiger partial charge in [-0.3, -0.25) is 0 Å². The maximum absolute atomic E-state index is 13.4. The molecular formula is C16H14FN3O3. The van der Waals surface area contributed by atoms with E-state index < -0.39 is 11.8 Å². The van der Waals surface area contributed by atoms with Crippen molar-refractivity contribution in [2.24, 2.45) is 0 Å². The van der Waals surface area contributed by atoms with Crippen molar-refractivity contribution < 1.29 is 18.7 Å². The molecule has 0 unspecified atom stereocenters. The van der Waals surface area contributed by atoms with Crippen molar-refractivity contribution in [1.29, 1.82) is 0 Å². The molecule has 6 nitrogen and oxygen atoms in total. The van der Waals surface area contributed by atoms with Gasteiger partial charge in [0.05, 0.1) is 5.69 Å². The molecule has 2 aromatic heterocycles. The Kier molecular flexibility index (Phi) is 4.18. The number of esters is 1. The molecule has 2 heterocycles. The van der Waals surface area contributed by atoms with E-state index in [4.69, 9.17) is 9.47 Å². The lowest BCUT2D eigenvalue weighted by molar-refractivity contribution is 0.0449. The molecule has 3 aromatic rings.